The lowest BCUT2D eigenvalue weighted by molar-refractivity contribution is -0.140. The minimum Gasteiger partial charge on any atom is -0.492 e. The Morgan fingerprint density at radius 1 is 1.06 bits per heavy atom. The molecule has 3 atom stereocenters. The molecule has 5 heterocycles. The average Bonchev–Trinajstić information content (AvgIpc) is 3.63. The number of Topliss-reactive ketones (excluding diaryl/α,β-unsaturated/α-hetero) is 1. The summed E-state index contributed by atoms with van der Waals surface area (Å²) in [7, 11) is 2.82. The molecule has 1 aliphatic carbocycles. The van der Waals surface area contributed by atoms with Crippen LogP contribution in [-0.4, -0.2) is 107 Å². The number of ketones is 1. The molecule has 1 unspecified atom stereocenters. The third kappa shape index (κ3) is 5.52. The van der Waals surface area contributed by atoms with Gasteiger partial charge >= 0.3 is 5.97 Å². The van der Waals surface area contributed by atoms with E-state index in [1.54, 1.807) is 17.2 Å². The van der Waals surface area contributed by atoms with E-state index >= 15 is 4.39 Å². The number of carbonyl (C=O) groups is 4. The Labute approximate surface area is 292 Å². The highest BCUT2D eigenvalue weighted by Gasteiger charge is 2.47. The van der Waals surface area contributed by atoms with Crippen molar-refractivity contribution in [3.8, 4) is 5.75 Å². The van der Waals surface area contributed by atoms with Crippen LogP contribution in [0.15, 0.2) is 41.7 Å². The van der Waals surface area contributed by atoms with E-state index in [1.807, 2.05) is 32.9 Å². The number of piperidine rings is 1. The number of carbonyl (C=O) groups excluding carboxylic acids is 3. The van der Waals surface area contributed by atoms with E-state index in [-0.39, 0.29) is 72.2 Å². The van der Waals surface area contributed by atoms with Crippen molar-refractivity contribution in [2.24, 2.45) is 17.0 Å². The number of rotatable bonds is 9. The first-order valence-corrected chi connectivity index (χ1v) is 17.1. The smallest absolute Gasteiger partial charge is 0.316 e. The number of aromatic nitrogens is 3. The molecule has 2 aromatic carbocycles. The molecule has 4 aliphatic heterocycles. The monoisotopic (exact) mass is 700 g/mol. The first kappa shape index (κ1) is 32.7. The third-order valence-electron chi connectivity index (χ3n) is 10.6. The maximum atomic E-state index is 16.1. The molecule has 0 radical (unpaired) electrons. The molecule has 5 aliphatic rings. The number of likely N-dealkylation sites (tertiary alicyclic amines) is 1. The molecule has 1 N–H and O–H groups in total. The lowest BCUT2D eigenvalue weighted by atomic mass is 9.89. The zero-order valence-electron chi connectivity index (χ0n) is 28.2. The molecule has 1 saturated carbocycles. The standard InChI is InChI=1S/C35H37FN8O7/c1-50-33-30-23(32(46)24(35(48)49)16-43(30)21-9-10-21)12-25(36)31(33)40-13-19-6-5-11-42(27(19)17-40)28(45)18-41-14-20(37-39-41)15-44-26-8-4-3-7-22(26)29(34(44)47)38-51-2/h3-4,7-8,12,14,19,21,24,27H,5-6,9-11,13,15-18H2,1-2H3,(H,48,49)/b38-29-/t19-,24?,27+/m1/s1. The molecule has 0 spiro atoms. The van der Waals surface area contributed by atoms with Crippen molar-refractivity contribution < 1.29 is 38.2 Å². The van der Waals surface area contributed by atoms with Gasteiger partial charge in [-0.1, -0.05) is 28.6 Å². The number of oxime groups is 1. The molecule has 1 aromatic heterocycles. The topological polar surface area (TPSA) is 163 Å². The molecule has 16 heteroatoms. The van der Waals surface area contributed by atoms with Gasteiger partial charge in [0.25, 0.3) is 5.91 Å². The Morgan fingerprint density at radius 2 is 1.86 bits per heavy atom. The van der Waals surface area contributed by atoms with Crippen LogP contribution in [0.1, 0.15) is 47.3 Å². The molecular formula is C35H37FN8O7. The Kier molecular flexibility index (Phi) is 8.10. The molecule has 51 heavy (non-hydrogen) atoms. The molecule has 0 bridgehead atoms. The van der Waals surface area contributed by atoms with Crippen molar-refractivity contribution >= 4 is 46.3 Å². The van der Waals surface area contributed by atoms with Gasteiger partial charge in [0.05, 0.1) is 37.3 Å². The Balaban J connectivity index is 0.999. The summed E-state index contributed by atoms with van der Waals surface area (Å²) in [5, 5.41) is 22.1. The maximum Gasteiger partial charge on any atom is 0.316 e. The number of hydrogen-bond donors (Lipinski definition) is 1. The fraction of sp³-hybridized carbons (Fsp3) is 0.457. The minimum atomic E-state index is -1.27. The number of anilines is 3. The van der Waals surface area contributed by atoms with Crippen molar-refractivity contribution in [3.05, 3.63) is 59.2 Å². The average molecular weight is 701 g/mol. The second kappa shape index (κ2) is 12.7. The summed E-state index contributed by atoms with van der Waals surface area (Å²) < 4.78 is 23.4. The lowest BCUT2D eigenvalue weighted by Gasteiger charge is -2.37. The summed E-state index contributed by atoms with van der Waals surface area (Å²) in [6, 6.07) is 8.30. The molecule has 2 amide bonds. The van der Waals surface area contributed by atoms with E-state index in [2.05, 4.69) is 15.5 Å². The van der Waals surface area contributed by atoms with Gasteiger partial charge in [-0.2, -0.15) is 0 Å². The minimum absolute atomic E-state index is 0.00946. The van der Waals surface area contributed by atoms with Crippen LogP contribution < -0.4 is 19.4 Å². The number of hydrogen-bond acceptors (Lipinski definition) is 11. The Hall–Kier alpha value is -5.54. The van der Waals surface area contributed by atoms with Crippen molar-refractivity contribution in [3.63, 3.8) is 0 Å². The van der Waals surface area contributed by atoms with Crippen LogP contribution in [0, 0.1) is 17.7 Å². The number of ether oxygens (including phenoxy) is 1. The van der Waals surface area contributed by atoms with Gasteiger partial charge in [-0.25, -0.2) is 9.07 Å². The number of aliphatic carboxylic acids is 1. The largest absolute Gasteiger partial charge is 0.492 e. The van der Waals surface area contributed by atoms with Crippen molar-refractivity contribution in [2.45, 2.75) is 50.9 Å². The molecular weight excluding hydrogens is 663 g/mol. The first-order valence-electron chi connectivity index (χ1n) is 17.1. The Bertz CT molecular complexity index is 1980. The van der Waals surface area contributed by atoms with Crippen LogP contribution in [-0.2, 0) is 32.3 Å². The lowest BCUT2D eigenvalue weighted by Crippen LogP contribution is -2.49. The van der Waals surface area contributed by atoms with Gasteiger partial charge in [0, 0.05) is 43.3 Å². The normalized spacial score (nSPS) is 23.4. The predicted octanol–water partition coefficient (Wildman–Crippen LogP) is 2.32. The van der Waals surface area contributed by atoms with E-state index < -0.39 is 23.5 Å². The molecule has 3 fully saturated rings. The zero-order valence-corrected chi connectivity index (χ0v) is 28.2. The summed E-state index contributed by atoms with van der Waals surface area (Å²) >= 11 is 0. The first-order chi connectivity index (χ1) is 24.7. The van der Waals surface area contributed by atoms with Gasteiger partial charge in [-0.15, -0.1) is 5.10 Å². The second-order valence-electron chi connectivity index (χ2n) is 13.7. The quantitative estimate of drug-likeness (QED) is 0.258. The van der Waals surface area contributed by atoms with E-state index in [4.69, 9.17) is 9.57 Å². The van der Waals surface area contributed by atoms with E-state index in [0.717, 1.165) is 31.7 Å². The van der Waals surface area contributed by atoms with Crippen molar-refractivity contribution in [1.29, 1.82) is 0 Å². The number of carboxylic acids is 1. The number of halogens is 1. The number of carboxylic acid groups (broad SMARTS) is 1. The molecule has 15 nitrogen and oxygen atoms in total. The zero-order chi connectivity index (χ0) is 35.6. The van der Waals surface area contributed by atoms with Crippen LogP contribution >= 0.6 is 0 Å². The van der Waals surface area contributed by atoms with Crippen LogP contribution in [0.2, 0.25) is 0 Å². The maximum absolute atomic E-state index is 16.1. The van der Waals surface area contributed by atoms with Gasteiger partial charge in [0.1, 0.15) is 31.0 Å². The van der Waals surface area contributed by atoms with Crippen LogP contribution in [0.5, 0.6) is 5.75 Å². The predicted molar refractivity (Wildman–Crippen MR) is 180 cm³/mol. The number of para-hydroxylation sites is 1. The highest BCUT2D eigenvalue weighted by atomic mass is 19.1. The molecule has 8 rings (SSSR count). The van der Waals surface area contributed by atoms with Gasteiger partial charge in [0.15, 0.2) is 23.1 Å². The van der Waals surface area contributed by atoms with E-state index in [0.29, 0.717) is 42.3 Å². The van der Waals surface area contributed by atoms with E-state index in [1.165, 1.54) is 18.9 Å². The summed E-state index contributed by atoms with van der Waals surface area (Å²) in [6.07, 6.45) is 5.00. The Morgan fingerprint density at radius 3 is 2.61 bits per heavy atom. The molecule has 266 valence electrons. The number of fused-ring (bicyclic) bond motifs is 3. The van der Waals surface area contributed by atoms with Gasteiger partial charge in [-0.3, -0.25) is 19.2 Å². The number of amides is 2. The van der Waals surface area contributed by atoms with Crippen LogP contribution in [0.25, 0.3) is 0 Å². The highest BCUT2D eigenvalue weighted by molar-refractivity contribution is 6.54. The number of nitrogens with zero attached hydrogens (tertiary/aromatic N) is 8. The van der Waals surface area contributed by atoms with Gasteiger partial charge in [0.2, 0.25) is 5.91 Å². The fourth-order valence-electron chi connectivity index (χ4n) is 8.18. The fourth-order valence-corrected chi connectivity index (χ4v) is 8.18. The van der Waals surface area contributed by atoms with Gasteiger partial charge < -0.3 is 34.3 Å². The summed E-state index contributed by atoms with van der Waals surface area (Å²) in [6.45, 7) is 1.47. The number of methoxy groups -OCH3 is 1. The highest BCUT2D eigenvalue weighted by Crippen LogP contribution is 2.50. The number of benzene rings is 2. The van der Waals surface area contributed by atoms with E-state index in [9.17, 15) is 24.3 Å². The molecule has 2 saturated heterocycles. The van der Waals surface area contributed by atoms with Crippen molar-refractivity contribution in [1.82, 2.24) is 19.9 Å². The molecule has 3 aromatic rings. The second-order valence-corrected chi connectivity index (χ2v) is 13.7. The third-order valence-corrected chi connectivity index (χ3v) is 10.6. The summed E-state index contributed by atoms with van der Waals surface area (Å²) in [5.74, 6) is -3.95. The van der Waals surface area contributed by atoms with Crippen LogP contribution in [0.4, 0.5) is 21.5 Å². The van der Waals surface area contributed by atoms with Gasteiger partial charge in [-0.05, 0) is 43.7 Å². The SMILES string of the molecule is CO/N=C1\C(=O)N(Cc2cn(CC(=O)N3CCC[C@@H]4CN(c5c(F)cc6c(c5OC)N(C5CC5)CC(C(=O)O)C6=O)C[C@@H]43)nn2)c2ccccc21. The van der Waals surface area contributed by atoms with Crippen LogP contribution in [0.3, 0.4) is 0 Å². The summed E-state index contributed by atoms with van der Waals surface area (Å²) in [5.41, 5.74) is 2.74. The summed E-state index contributed by atoms with van der Waals surface area (Å²) in [4.78, 5) is 64.2. The van der Waals surface area contributed by atoms with Crippen molar-refractivity contribution in [2.75, 3.05) is 55.1 Å².